The molecule has 2 heterocycles. The molecule has 0 aliphatic carbocycles. The van der Waals surface area contributed by atoms with Crippen molar-refractivity contribution in [1.29, 1.82) is 0 Å². The second kappa shape index (κ2) is 7.43. The van der Waals surface area contributed by atoms with Crippen LogP contribution in [-0.2, 0) is 17.1 Å². The van der Waals surface area contributed by atoms with Crippen molar-refractivity contribution in [2.45, 2.75) is 4.90 Å². The number of rotatable bonds is 5. The molecule has 0 radical (unpaired) electrons. The molecule has 9 nitrogen and oxygen atoms in total. The monoisotopic (exact) mass is 448 g/mol. The number of hydrogen-bond acceptors (Lipinski definition) is 5. The van der Waals surface area contributed by atoms with E-state index >= 15 is 0 Å². The van der Waals surface area contributed by atoms with Crippen LogP contribution >= 0.6 is 11.6 Å². The van der Waals surface area contributed by atoms with Crippen molar-refractivity contribution in [3.05, 3.63) is 65.3 Å². The molecule has 0 aliphatic rings. The zero-order valence-electron chi connectivity index (χ0n) is 15.3. The fourth-order valence-corrected chi connectivity index (χ4v) is 4.03. The fraction of sp³-hybridized carbons (Fsp3) is 0.0556. The summed E-state index contributed by atoms with van der Waals surface area (Å²) < 4.78 is 41.8. The van der Waals surface area contributed by atoms with Crippen molar-refractivity contribution < 1.29 is 17.6 Å². The lowest BCUT2D eigenvalue weighted by Gasteiger charge is -2.07. The number of H-pyrrole nitrogens is 1. The van der Waals surface area contributed by atoms with Gasteiger partial charge in [-0.25, -0.2) is 12.8 Å². The van der Waals surface area contributed by atoms with E-state index in [9.17, 15) is 17.6 Å². The van der Waals surface area contributed by atoms with Gasteiger partial charge in [0.1, 0.15) is 16.4 Å². The Bertz CT molecular complexity index is 1370. The van der Waals surface area contributed by atoms with Gasteiger partial charge in [-0.2, -0.15) is 10.2 Å². The third-order valence-electron chi connectivity index (χ3n) is 4.26. The van der Waals surface area contributed by atoms with Crippen LogP contribution in [0.25, 0.3) is 10.9 Å². The molecule has 0 unspecified atom stereocenters. The first kappa shape index (κ1) is 19.9. The first-order valence-corrected chi connectivity index (χ1v) is 10.4. The summed E-state index contributed by atoms with van der Waals surface area (Å²) in [5, 5.41) is 13.4. The van der Waals surface area contributed by atoms with Gasteiger partial charge in [0.05, 0.1) is 22.4 Å². The first-order chi connectivity index (χ1) is 14.2. The molecule has 4 rings (SSSR count). The highest BCUT2D eigenvalue weighted by Crippen LogP contribution is 2.25. The van der Waals surface area contributed by atoms with E-state index in [1.54, 1.807) is 13.1 Å². The molecule has 3 N–H and O–H groups in total. The van der Waals surface area contributed by atoms with Crippen LogP contribution < -0.4 is 10.0 Å². The Morgan fingerprint density at radius 1 is 1.20 bits per heavy atom. The van der Waals surface area contributed by atoms with Crippen molar-refractivity contribution in [2.24, 2.45) is 7.05 Å². The van der Waals surface area contributed by atoms with E-state index in [2.05, 4.69) is 25.3 Å². The van der Waals surface area contributed by atoms with Crippen LogP contribution in [0.15, 0.2) is 53.7 Å². The lowest BCUT2D eigenvalue weighted by molar-refractivity contribution is 0.101. The number of nitrogens with zero attached hydrogens (tertiary/aromatic N) is 3. The minimum atomic E-state index is -3.81. The van der Waals surface area contributed by atoms with E-state index in [0.717, 1.165) is 6.07 Å². The van der Waals surface area contributed by atoms with Crippen molar-refractivity contribution >= 4 is 49.8 Å². The Labute approximate surface area is 174 Å². The molecule has 2 aromatic heterocycles. The van der Waals surface area contributed by atoms with Gasteiger partial charge in [0.15, 0.2) is 0 Å². The topological polar surface area (TPSA) is 122 Å². The van der Waals surface area contributed by atoms with Crippen molar-refractivity contribution in [2.75, 3.05) is 10.0 Å². The molecule has 12 heteroatoms. The maximum atomic E-state index is 13.3. The third-order valence-corrected chi connectivity index (χ3v) is 5.90. The van der Waals surface area contributed by atoms with E-state index in [-0.39, 0.29) is 21.3 Å². The normalized spacial score (nSPS) is 11.6. The second-order valence-electron chi connectivity index (χ2n) is 6.33. The number of carbonyl (C=O) groups is 1. The van der Waals surface area contributed by atoms with Crippen molar-refractivity contribution in [3.8, 4) is 0 Å². The molecule has 0 bridgehead atoms. The van der Waals surface area contributed by atoms with Gasteiger partial charge in [-0.05, 0) is 36.4 Å². The quantitative estimate of drug-likeness (QED) is 0.433. The number of benzene rings is 2. The van der Waals surface area contributed by atoms with Crippen molar-refractivity contribution in [3.63, 3.8) is 0 Å². The maximum Gasteiger partial charge on any atom is 0.274 e. The number of nitrogens with one attached hydrogen (secondary N) is 3. The summed E-state index contributed by atoms with van der Waals surface area (Å²) in [6.45, 7) is 0. The average molecular weight is 449 g/mol. The summed E-state index contributed by atoms with van der Waals surface area (Å²) >= 11 is 5.75. The lowest BCUT2D eigenvalue weighted by atomic mass is 10.2. The fourth-order valence-electron chi connectivity index (χ4n) is 2.90. The zero-order chi connectivity index (χ0) is 21.5. The number of anilines is 2. The summed E-state index contributed by atoms with van der Waals surface area (Å²) in [4.78, 5) is 12.7. The third kappa shape index (κ3) is 3.72. The van der Waals surface area contributed by atoms with Crippen LogP contribution in [-0.4, -0.2) is 34.3 Å². The number of carbonyl (C=O) groups excluding carboxylic acids is 1. The Kier molecular flexibility index (Phi) is 4.92. The highest BCUT2D eigenvalue weighted by molar-refractivity contribution is 7.92. The van der Waals surface area contributed by atoms with Gasteiger partial charge in [0.2, 0.25) is 0 Å². The number of fused-ring (bicyclic) bond motifs is 1. The molecule has 0 saturated heterocycles. The summed E-state index contributed by atoms with van der Waals surface area (Å²) in [6, 6.07) is 8.46. The molecular weight excluding hydrogens is 435 g/mol. The number of aromatic amines is 1. The Hall–Kier alpha value is -3.44. The molecule has 1 amide bonds. The van der Waals surface area contributed by atoms with Crippen LogP contribution in [0.1, 0.15) is 10.5 Å². The highest BCUT2D eigenvalue weighted by Gasteiger charge is 2.20. The molecule has 0 saturated carbocycles. The van der Waals surface area contributed by atoms with Crippen molar-refractivity contribution in [1.82, 2.24) is 20.0 Å². The highest BCUT2D eigenvalue weighted by atomic mass is 35.5. The van der Waals surface area contributed by atoms with Gasteiger partial charge in [-0.15, -0.1) is 0 Å². The van der Waals surface area contributed by atoms with Gasteiger partial charge in [-0.3, -0.25) is 19.3 Å². The van der Waals surface area contributed by atoms with Gasteiger partial charge < -0.3 is 5.32 Å². The van der Waals surface area contributed by atoms with Gasteiger partial charge >= 0.3 is 0 Å². The van der Waals surface area contributed by atoms with Crippen LogP contribution in [0.2, 0.25) is 5.02 Å². The Balaban J connectivity index is 1.63. The van der Waals surface area contributed by atoms with E-state index in [1.807, 2.05) is 0 Å². The van der Waals surface area contributed by atoms with Crippen LogP contribution in [0.4, 0.5) is 15.8 Å². The second-order valence-corrected chi connectivity index (χ2v) is 8.42. The number of amides is 1. The smallest absolute Gasteiger partial charge is 0.274 e. The molecule has 154 valence electrons. The molecular formula is C18H14ClFN6O3S. The molecule has 4 aromatic rings. The molecule has 0 atom stereocenters. The van der Waals surface area contributed by atoms with Crippen LogP contribution in [0.3, 0.4) is 0 Å². The summed E-state index contributed by atoms with van der Waals surface area (Å²) in [5.41, 5.74) is 1.26. The predicted octanol–water partition coefficient (Wildman–Crippen LogP) is 3.14. The SMILES string of the molecule is Cn1nc2cc(NS(=O)(=O)c3cn[nH]c3)ccc2c1C(=O)Nc1ccc(F)c(Cl)c1. The van der Waals surface area contributed by atoms with Gasteiger partial charge in [-0.1, -0.05) is 11.6 Å². The number of sulfonamides is 1. The van der Waals surface area contributed by atoms with Gasteiger partial charge in [0.25, 0.3) is 15.9 Å². The molecule has 2 aromatic carbocycles. The summed E-state index contributed by atoms with van der Waals surface area (Å²) in [5.74, 6) is -1.07. The summed E-state index contributed by atoms with van der Waals surface area (Å²) in [6.07, 6.45) is 2.44. The minimum absolute atomic E-state index is 0.0124. The van der Waals surface area contributed by atoms with Crippen LogP contribution in [0, 0.1) is 5.82 Å². The maximum absolute atomic E-state index is 13.3. The Morgan fingerprint density at radius 3 is 2.67 bits per heavy atom. The van der Waals surface area contributed by atoms with Gasteiger partial charge in [0, 0.05) is 24.3 Å². The average Bonchev–Trinajstić information content (AvgIpc) is 3.32. The molecule has 0 spiro atoms. The minimum Gasteiger partial charge on any atom is -0.321 e. The van der Waals surface area contributed by atoms with E-state index in [1.165, 1.54) is 41.3 Å². The van der Waals surface area contributed by atoms with E-state index in [4.69, 9.17) is 11.6 Å². The molecule has 0 aliphatic heterocycles. The molecule has 0 fully saturated rings. The number of hydrogen-bond donors (Lipinski definition) is 3. The lowest BCUT2D eigenvalue weighted by Crippen LogP contribution is -2.16. The predicted molar refractivity (Wildman–Crippen MR) is 109 cm³/mol. The zero-order valence-corrected chi connectivity index (χ0v) is 16.9. The molecule has 30 heavy (non-hydrogen) atoms. The largest absolute Gasteiger partial charge is 0.321 e. The number of halogens is 2. The van der Waals surface area contributed by atoms with Crippen LogP contribution in [0.5, 0.6) is 0 Å². The standard InChI is InChI=1S/C18H14ClFN6O3S/c1-26-17(18(27)23-10-3-5-15(20)14(19)6-10)13-4-2-11(7-16(13)24-26)25-30(28,29)12-8-21-22-9-12/h2-9,25H,1H3,(H,21,22)(H,23,27). The number of aromatic nitrogens is 4. The van der Waals surface area contributed by atoms with E-state index in [0.29, 0.717) is 16.6 Å². The first-order valence-electron chi connectivity index (χ1n) is 8.49. The van der Waals surface area contributed by atoms with E-state index < -0.39 is 21.7 Å². The Morgan fingerprint density at radius 2 is 1.97 bits per heavy atom. The number of aryl methyl sites for hydroxylation is 1. The summed E-state index contributed by atoms with van der Waals surface area (Å²) in [7, 11) is -2.22.